The van der Waals surface area contributed by atoms with Crippen molar-refractivity contribution >= 4 is 0 Å². The summed E-state index contributed by atoms with van der Waals surface area (Å²) in [6, 6.07) is 8.74. The van der Waals surface area contributed by atoms with E-state index in [0.29, 0.717) is 12.6 Å². The molecule has 1 aromatic rings. The van der Waals surface area contributed by atoms with E-state index in [2.05, 4.69) is 4.90 Å². The number of hydrogen-bond acceptors (Lipinski definition) is 3. The van der Waals surface area contributed by atoms with Gasteiger partial charge in [-0.15, -0.1) is 0 Å². The molecule has 0 aromatic heterocycles. The second kappa shape index (κ2) is 5.62. The van der Waals surface area contributed by atoms with E-state index in [9.17, 15) is 5.11 Å². The summed E-state index contributed by atoms with van der Waals surface area (Å²) in [5, 5.41) is 10.8. The number of likely N-dealkylation sites (tertiary alicyclic amines) is 1. The minimum atomic E-state index is -0.406. The van der Waals surface area contributed by atoms with Crippen molar-refractivity contribution in [3.05, 3.63) is 29.8 Å². The lowest BCUT2D eigenvalue weighted by molar-refractivity contribution is -0.0123. The molecule has 2 heterocycles. The molecule has 3 nitrogen and oxygen atoms in total. The third-order valence-electron chi connectivity index (χ3n) is 5.72. The van der Waals surface area contributed by atoms with Gasteiger partial charge in [0.15, 0.2) is 0 Å². The van der Waals surface area contributed by atoms with E-state index >= 15 is 0 Å². The first-order valence-corrected chi connectivity index (χ1v) is 8.50. The average Bonchev–Trinajstić information content (AvgIpc) is 3.18. The highest BCUT2D eigenvalue weighted by Crippen LogP contribution is 2.41. The Kier molecular flexibility index (Phi) is 3.64. The molecule has 2 aliphatic heterocycles. The molecule has 4 rings (SSSR count). The van der Waals surface area contributed by atoms with Gasteiger partial charge in [-0.05, 0) is 44.2 Å². The van der Waals surface area contributed by atoms with Crippen molar-refractivity contribution in [2.45, 2.75) is 56.7 Å². The zero-order valence-corrected chi connectivity index (χ0v) is 12.6. The molecule has 1 N–H and O–H groups in total. The maximum Gasteiger partial charge on any atom is 0.125 e. The van der Waals surface area contributed by atoms with Crippen LogP contribution < -0.4 is 4.74 Å². The van der Waals surface area contributed by atoms with Crippen LogP contribution in [-0.2, 0) is 0 Å². The highest BCUT2D eigenvalue weighted by Gasteiger charge is 2.41. The summed E-state index contributed by atoms with van der Waals surface area (Å²) >= 11 is 0. The Hall–Kier alpha value is -1.06. The number of aliphatic hydroxyl groups is 1. The molecule has 1 aromatic carbocycles. The van der Waals surface area contributed by atoms with Gasteiger partial charge in [0, 0.05) is 11.6 Å². The summed E-state index contributed by atoms with van der Waals surface area (Å²) in [5.41, 5.74) is 0.964. The van der Waals surface area contributed by atoms with Crippen LogP contribution in [-0.4, -0.2) is 35.2 Å². The molecule has 114 valence electrons. The number of hydrogen-bond donors (Lipinski definition) is 1. The SMILES string of the molecule is OC1c2ccccc2OCC1N1CCCC1C1CCCC1. The van der Waals surface area contributed by atoms with Gasteiger partial charge in [0.25, 0.3) is 0 Å². The number of fused-ring (bicyclic) bond motifs is 1. The normalized spacial score (nSPS) is 33.9. The minimum absolute atomic E-state index is 0.132. The third kappa shape index (κ3) is 2.36. The number of aliphatic hydroxyl groups excluding tert-OH is 1. The Morgan fingerprint density at radius 2 is 1.81 bits per heavy atom. The summed E-state index contributed by atoms with van der Waals surface area (Å²) in [5.74, 6) is 1.70. The van der Waals surface area contributed by atoms with Gasteiger partial charge in [0.2, 0.25) is 0 Å². The van der Waals surface area contributed by atoms with Gasteiger partial charge < -0.3 is 9.84 Å². The van der Waals surface area contributed by atoms with Crippen LogP contribution in [0.2, 0.25) is 0 Å². The fraction of sp³-hybridized carbons (Fsp3) is 0.667. The molecule has 3 aliphatic rings. The van der Waals surface area contributed by atoms with Crippen LogP contribution in [0.4, 0.5) is 0 Å². The molecular formula is C18H25NO2. The summed E-state index contributed by atoms with van der Waals surface area (Å²) in [7, 11) is 0. The second-order valence-corrected chi connectivity index (χ2v) is 6.85. The second-order valence-electron chi connectivity index (χ2n) is 6.85. The lowest BCUT2D eigenvalue weighted by Crippen LogP contribution is -2.49. The maximum absolute atomic E-state index is 10.8. The third-order valence-corrected chi connectivity index (χ3v) is 5.72. The van der Waals surface area contributed by atoms with Crippen LogP contribution in [0, 0.1) is 5.92 Å². The van der Waals surface area contributed by atoms with Gasteiger partial charge in [-0.2, -0.15) is 0 Å². The largest absolute Gasteiger partial charge is 0.491 e. The first-order chi connectivity index (χ1) is 10.3. The van der Waals surface area contributed by atoms with E-state index in [1.807, 2.05) is 24.3 Å². The molecule has 0 amide bonds. The van der Waals surface area contributed by atoms with E-state index in [-0.39, 0.29) is 6.04 Å². The Morgan fingerprint density at radius 3 is 2.67 bits per heavy atom. The highest BCUT2D eigenvalue weighted by molar-refractivity contribution is 5.37. The lowest BCUT2D eigenvalue weighted by atomic mass is 9.92. The van der Waals surface area contributed by atoms with E-state index < -0.39 is 6.10 Å². The summed E-state index contributed by atoms with van der Waals surface area (Å²) < 4.78 is 5.93. The van der Waals surface area contributed by atoms with Crippen LogP contribution in [0.1, 0.15) is 50.2 Å². The molecular weight excluding hydrogens is 262 g/mol. The van der Waals surface area contributed by atoms with Crippen LogP contribution in [0.5, 0.6) is 5.75 Å². The minimum Gasteiger partial charge on any atom is -0.491 e. The lowest BCUT2D eigenvalue weighted by Gasteiger charge is -2.41. The fourth-order valence-corrected chi connectivity index (χ4v) is 4.68. The first-order valence-electron chi connectivity index (χ1n) is 8.50. The van der Waals surface area contributed by atoms with E-state index in [1.54, 1.807) is 0 Å². The van der Waals surface area contributed by atoms with Gasteiger partial charge in [0.05, 0.1) is 6.04 Å². The van der Waals surface area contributed by atoms with Crippen LogP contribution in [0.15, 0.2) is 24.3 Å². The standard InChI is InChI=1S/C18H25NO2/c20-18-14-8-3-4-10-17(14)21-12-16(18)19-11-5-9-15(19)13-6-1-2-7-13/h3-4,8,10,13,15-16,18,20H,1-2,5-7,9,11-12H2. The Balaban J connectivity index is 1.56. The van der Waals surface area contributed by atoms with Crippen molar-refractivity contribution < 1.29 is 9.84 Å². The van der Waals surface area contributed by atoms with Gasteiger partial charge >= 0.3 is 0 Å². The van der Waals surface area contributed by atoms with E-state index in [1.165, 1.54) is 38.5 Å². The molecule has 0 spiro atoms. The smallest absolute Gasteiger partial charge is 0.125 e. The molecule has 1 saturated carbocycles. The summed E-state index contributed by atoms with van der Waals surface area (Å²) in [6.07, 6.45) is 7.70. The fourth-order valence-electron chi connectivity index (χ4n) is 4.68. The molecule has 1 saturated heterocycles. The Labute approximate surface area is 126 Å². The predicted molar refractivity (Wildman–Crippen MR) is 82.4 cm³/mol. The quantitative estimate of drug-likeness (QED) is 0.907. The van der Waals surface area contributed by atoms with E-state index in [0.717, 1.165) is 23.8 Å². The van der Waals surface area contributed by atoms with Crippen molar-refractivity contribution in [2.24, 2.45) is 5.92 Å². The molecule has 1 aliphatic carbocycles. The molecule has 21 heavy (non-hydrogen) atoms. The monoisotopic (exact) mass is 287 g/mol. The highest BCUT2D eigenvalue weighted by atomic mass is 16.5. The predicted octanol–water partition coefficient (Wildman–Crippen LogP) is 3.14. The van der Waals surface area contributed by atoms with Crippen LogP contribution >= 0.6 is 0 Å². The van der Waals surface area contributed by atoms with Crippen LogP contribution in [0.25, 0.3) is 0 Å². The Morgan fingerprint density at radius 1 is 1.00 bits per heavy atom. The zero-order valence-electron chi connectivity index (χ0n) is 12.6. The van der Waals surface area contributed by atoms with Crippen molar-refractivity contribution in [1.29, 1.82) is 0 Å². The maximum atomic E-state index is 10.8. The summed E-state index contributed by atoms with van der Waals surface area (Å²) in [6.45, 7) is 1.75. The number of para-hydroxylation sites is 1. The first kappa shape index (κ1) is 13.6. The number of ether oxygens (including phenoxy) is 1. The van der Waals surface area contributed by atoms with Crippen molar-refractivity contribution in [1.82, 2.24) is 4.90 Å². The molecule has 2 fully saturated rings. The average molecular weight is 287 g/mol. The molecule has 0 bridgehead atoms. The summed E-state index contributed by atoms with van der Waals surface area (Å²) in [4.78, 5) is 2.57. The number of rotatable bonds is 2. The van der Waals surface area contributed by atoms with Gasteiger partial charge in [-0.1, -0.05) is 31.0 Å². The molecule has 3 atom stereocenters. The van der Waals surface area contributed by atoms with Crippen molar-refractivity contribution in [3.63, 3.8) is 0 Å². The molecule has 3 unspecified atom stereocenters. The van der Waals surface area contributed by atoms with Crippen molar-refractivity contribution in [2.75, 3.05) is 13.2 Å². The zero-order chi connectivity index (χ0) is 14.2. The van der Waals surface area contributed by atoms with Gasteiger partial charge in [-0.3, -0.25) is 4.90 Å². The van der Waals surface area contributed by atoms with Crippen LogP contribution in [0.3, 0.4) is 0 Å². The van der Waals surface area contributed by atoms with E-state index in [4.69, 9.17) is 4.74 Å². The topological polar surface area (TPSA) is 32.7 Å². The van der Waals surface area contributed by atoms with Gasteiger partial charge in [0.1, 0.15) is 18.5 Å². The Bertz CT molecular complexity index is 498. The molecule has 3 heteroatoms. The number of nitrogens with zero attached hydrogens (tertiary/aromatic N) is 1. The molecule has 0 radical (unpaired) electrons. The number of benzene rings is 1. The van der Waals surface area contributed by atoms with Gasteiger partial charge in [-0.25, -0.2) is 0 Å². The van der Waals surface area contributed by atoms with Crippen molar-refractivity contribution in [3.8, 4) is 5.75 Å².